The summed E-state index contributed by atoms with van der Waals surface area (Å²) in [6, 6.07) is 19.9. The van der Waals surface area contributed by atoms with E-state index in [0.29, 0.717) is 6.42 Å². The van der Waals surface area contributed by atoms with Crippen LogP contribution in [0.5, 0.6) is 0 Å². The Hall–Kier alpha value is -3.21. The maximum Gasteiger partial charge on any atom is 0.244 e. The molecule has 1 aromatic heterocycles. The van der Waals surface area contributed by atoms with Gasteiger partial charge >= 0.3 is 0 Å². The molecule has 3 aromatic rings. The zero-order chi connectivity index (χ0) is 20.4. The van der Waals surface area contributed by atoms with Crippen molar-refractivity contribution in [3.05, 3.63) is 83.2 Å². The molecule has 148 valence electrons. The van der Waals surface area contributed by atoms with E-state index in [1.807, 2.05) is 60.1 Å². The van der Waals surface area contributed by atoms with Crippen molar-refractivity contribution in [3.63, 3.8) is 0 Å². The Bertz CT molecular complexity index is 1050. The van der Waals surface area contributed by atoms with Crippen LogP contribution in [-0.2, 0) is 17.6 Å². The standard InChI is InChI=1S/C24H26N4O/c1-17-23-20(25-26-22(29)14-18-10-6-4-7-11-18)15-24(2,3)16-21(23)28(27-17)19-12-8-5-9-13-19/h4-13H,14-16H2,1-3H3,(H,26,29)/b25-20+. The van der Waals surface area contributed by atoms with E-state index in [9.17, 15) is 4.79 Å². The molecule has 1 heterocycles. The molecule has 0 fully saturated rings. The lowest BCUT2D eigenvalue weighted by Crippen LogP contribution is -2.31. The van der Waals surface area contributed by atoms with Crippen LogP contribution in [0.2, 0.25) is 0 Å². The largest absolute Gasteiger partial charge is 0.273 e. The van der Waals surface area contributed by atoms with E-state index in [2.05, 4.69) is 36.5 Å². The van der Waals surface area contributed by atoms with Gasteiger partial charge in [-0.2, -0.15) is 10.2 Å². The van der Waals surface area contributed by atoms with E-state index in [-0.39, 0.29) is 11.3 Å². The van der Waals surface area contributed by atoms with Crippen LogP contribution in [-0.4, -0.2) is 21.4 Å². The third kappa shape index (κ3) is 4.14. The van der Waals surface area contributed by atoms with Gasteiger partial charge < -0.3 is 0 Å². The molecule has 0 spiro atoms. The molecule has 1 aliphatic rings. The number of para-hydroxylation sites is 1. The molecule has 4 rings (SSSR count). The summed E-state index contributed by atoms with van der Waals surface area (Å²) in [5.41, 5.74) is 8.88. The molecule has 1 amide bonds. The second kappa shape index (κ2) is 7.66. The third-order valence-corrected chi connectivity index (χ3v) is 5.26. The summed E-state index contributed by atoms with van der Waals surface area (Å²) in [5.74, 6) is -0.110. The van der Waals surface area contributed by atoms with Crippen LogP contribution in [0.25, 0.3) is 5.69 Å². The molecule has 5 heteroatoms. The number of amides is 1. The maximum atomic E-state index is 12.4. The molecular formula is C24H26N4O. The van der Waals surface area contributed by atoms with Crippen molar-refractivity contribution in [1.82, 2.24) is 15.2 Å². The molecule has 0 unspecified atom stereocenters. The van der Waals surface area contributed by atoms with Crippen LogP contribution in [0, 0.1) is 12.3 Å². The van der Waals surface area contributed by atoms with E-state index >= 15 is 0 Å². The van der Waals surface area contributed by atoms with Crippen molar-refractivity contribution in [2.75, 3.05) is 0 Å². The van der Waals surface area contributed by atoms with Gasteiger partial charge in [-0.3, -0.25) is 4.79 Å². The monoisotopic (exact) mass is 386 g/mol. The second-order valence-corrected chi connectivity index (χ2v) is 8.43. The summed E-state index contributed by atoms with van der Waals surface area (Å²) in [7, 11) is 0. The van der Waals surface area contributed by atoms with E-state index in [0.717, 1.165) is 46.8 Å². The van der Waals surface area contributed by atoms with Crippen LogP contribution in [0.1, 0.15) is 42.8 Å². The second-order valence-electron chi connectivity index (χ2n) is 8.43. The Balaban J connectivity index is 1.65. The minimum Gasteiger partial charge on any atom is -0.273 e. The van der Waals surface area contributed by atoms with Crippen LogP contribution < -0.4 is 5.43 Å². The Morgan fingerprint density at radius 2 is 1.72 bits per heavy atom. The predicted octanol–water partition coefficient (Wildman–Crippen LogP) is 4.22. The highest BCUT2D eigenvalue weighted by Crippen LogP contribution is 2.37. The summed E-state index contributed by atoms with van der Waals surface area (Å²) in [5, 5.41) is 9.34. The summed E-state index contributed by atoms with van der Waals surface area (Å²) in [6.45, 7) is 6.47. The average Bonchev–Trinajstić information content (AvgIpc) is 3.03. The number of hydrazone groups is 1. The number of fused-ring (bicyclic) bond motifs is 1. The molecular weight excluding hydrogens is 360 g/mol. The van der Waals surface area contributed by atoms with Crippen molar-refractivity contribution in [2.24, 2.45) is 10.5 Å². The van der Waals surface area contributed by atoms with E-state index in [1.54, 1.807) is 0 Å². The van der Waals surface area contributed by atoms with Gasteiger partial charge in [-0.25, -0.2) is 10.1 Å². The molecule has 2 aromatic carbocycles. The molecule has 0 atom stereocenters. The van der Waals surface area contributed by atoms with Gasteiger partial charge in [0, 0.05) is 5.56 Å². The fraction of sp³-hybridized carbons (Fsp3) is 0.292. The van der Waals surface area contributed by atoms with Crippen molar-refractivity contribution in [1.29, 1.82) is 0 Å². The highest BCUT2D eigenvalue weighted by Gasteiger charge is 2.34. The molecule has 0 aliphatic heterocycles. The third-order valence-electron chi connectivity index (χ3n) is 5.26. The topological polar surface area (TPSA) is 59.3 Å². The highest BCUT2D eigenvalue weighted by atomic mass is 16.2. The Morgan fingerprint density at radius 1 is 1.07 bits per heavy atom. The molecule has 29 heavy (non-hydrogen) atoms. The molecule has 1 aliphatic carbocycles. The number of rotatable bonds is 4. The van der Waals surface area contributed by atoms with E-state index in [1.165, 1.54) is 0 Å². The van der Waals surface area contributed by atoms with Crippen LogP contribution in [0.4, 0.5) is 0 Å². The number of aryl methyl sites for hydroxylation is 1. The number of hydrogen-bond acceptors (Lipinski definition) is 3. The average molecular weight is 386 g/mol. The zero-order valence-electron chi connectivity index (χ0n) is 17.1. The van der Waals surface area contributed by atoms with Crippen molar-refractivity contribution in [2.45, 2.75) is 40.0 Å². The summed E-state index contributed by atoms with van der Waals surface area (Å²) in [4.78, 5) is 12.4. The molecule has 0 bridgehead atoms. The lowest BCUT2D eigenvalue weighted by molar-refractivity contribution is -0.120. The van der Waals surface area contributed by atoms with Gasteiger partial charge in [0.15, 0.2) is 0 Å². The molecule has 0 saturated heterocycles. The van der Waals surface area contributed by atoms with Crippen molar-refractivity contribution < 1.29 is 4.79 Å². The molecule has 0 saturated carbocycles. The van der Waals surface area contributed by atoms with Gasteiger partial charge in [0.2, 0.25) is 5.91 Å². The Kier molecular flexibility index (Phi) is 5.05. The fourth-order valence-corrected chi connectivity index (χ4v) is 4.00. The maximum absolute atomic E-state index is 12.4. The summed E-state index contributed by atoms with van der Waals surface area (Å²) < 4.78 is 2.02. The van der Waals surface area contributed by atoms with Crippen LogP contribution >= 0.6 is 0 Å². The highest BCUT2D eigenvalue weighted by molar-refractivity contribution is 6.04. The number of carbonyl (C=O) groups excluding carboxylic acids is 1. The van der Waals surface area contributed by atoms with Gasteiger partial charge in [-0.05, 0) is 42.9 Å². The van der Waals surface area contributed by atoms with Gasteiger partial charge in [0.1, 0.15) is 0 Å². The normalized spacial score (nSPS) is 16.4. The summed E-state index contributed by atoms with van der Waals surface area (Å²) in [6.07, 6.45) is 2.03. The quantitative estimate of drug-likeness (QED) is 0.683. The number of nitrogens with zero attached hydrogens (tertiary/aromatic N) is 3. The number of benzene rings is 2. The zero-order valence-corrected chi connectivity index (χ0v) is 17.1. The van der Waals surface area contributed by atoms with Crippen molar-refractivity contribution >= 4 is 11.6 Å². The number of carbonyl (C=O) groups is 1. The number of nitrogens with one attached hydrogen (secondary N) is 1. The first-order valence-corrected chi connectivity index (χ1v) is 9.96. The van der Waals surface area contributed by atoms with Gasteiger partial charge in [-0.15, -0.1) is 0 Å². The lowest BCUT2D eigenvalue weighted by Gasteiger charge is -2.31. The van der Waals surface area contributed by atoms with Gasteiger partial charge in [0.05, 0.1) is 29.2 Å². The van der Waals surface area contributed by atoms with Crippen LogP contribution in [0.15, 0.2) is 65.8 Å². The summed E-state index contributed by atoms with van der Waals surface area (Å²) >= 11 is 0. The first kappa shape index (κ1) is 19.1. The Labute approximate surface area is 171 Å². The lowest BCUT2D eigenvalue weighted by atomic mass is 9.75. The van der Waals surface area contributed by atoms with Gasteiger partial charge in [-0.1, -0.05) is 62.4 Å². The first-order chi connectivity index (χ1) is 13.9. The fourth-order valence-electron chi connectivity index (χ4n) is 4.00. The minimum absolute atomic E-state index is 0.0367. The van der Waals surface area contributed by atoms with Crippen LogP contribution in [0.3, 0.4) is 0 Å². The minimum atomic E-state index is -0.110. The number of hydrogen-bond donors (Lipinski definition) is 1. The Morgan fingerprint density at radius 3 is 2.41 bits per heavy atom. The molecule has 0 radical (unpaired) electrons. The first-order valence-electron chi connectivity index (χ1n) is 9.96. The SMILES string of the molecule is Cc1nn(-c2ccccc2)c2c1/C(=N/NC(=O)Cc1ccccc1)CC(C)(C)C2. The smallest absolute Gasteiger partial charge is 0.244 e. The van der Waals surface area contributed by atoms with E-state index in [4.69, 9.17) is 5.10 Å². The number of aromatic nitrogens is 2. The molecule has 1 N–H and O–H groups in total. The predicted molar refractivity (Wildman–Crippen MR) is 115 cm³/mol. The van der Waals surface area contributed by atoms with E-state index < -0.39 is 0 Å². The van der Waals surface area contributed by atoms with Gasteiger partial charge in [0.25, 0.3) is 0 Å². The molecule has 5 nitrogen and oxygen atoms in total. The van der Waals surface area contributed by atoms with Crippen molar-refractivity contribution in [3.8, 4) is 5.69 Å².